The molecule has 3 unspecified atom stereocenters. The summed E-state index contributed by atoms with van der Waals surface area (Å²) in [6, 6.07) is 0. The Balaban J connectivity index is 4.73. The van der Waals surface area contributed by atoms with Gasteiger partial charge in [0.1, 0.15) is 12.7 Å². The van der Waals surface area contributed by atoms with Crippen LogP contribution < -0.4 is 0 Å². The first kappa shape index (κ1) is 67.4. The second kappa shape index (κ2) is 52.8. The van der Waals surface area contributed by atoms with E-state index >= 15 is 0 Å². The normalized spacial score (nSPS) is 13.7. The number of hydrogen-bond donors (Lipinski definition) is 2. The lowest BCUT2D eigenvalue weighted by Gasteiger charge is -2.21. The minimum atomic E-state index is -4.75. The van der Waals surface area contributed by atoms with E-state index in [2.05, 4.69) is 69.4 Å². The van der Waals surface area contributed by atoms with E-state index in [0.717, 1.165) is 89.9 Å². The van der Waals surface area contributed by atoms with Crippen LogP contribution in [0.5, 0.6) is 0 Å². The topological polar surface area (TPSA) is 155 Å². The highest BCUT2D eigenvalue weighted by atomic mass is 31.2. The number of phosphoric ester groups is 1. The highest BCUT2D eigenvalue weighted by Gasteiger charge is 2.28. The second-order valence-electron chi connectivity index (χ2n) is 19.1. The number of carbonyl (C=O) groups is 3. The molecule has 70 heavy (non-hydrogen) atoms. The van der Waals surface area contributed by atoms with Gasteiger partial charge in [-0.15, -0.1) is 0 Å². The lowest BCUT2D eigenvalue weighted by Crippen LogP contribution is -2.30. The molecule has 2 N–H and O–H groups in total. The van der Waals surface area contributed by atoms with Crippen LogP contribution in [0, 0.1) is 0 Å². The molecule has 0 saturated heterocycles. The number of ether oxygens (including phenoxy) is 3. The Morgan fingerprint density at radius 1 is 0.414 bits per heavy atom. The van der Waals surface area contributed by atoms with E-state index in [-0.39, 0.29) is 25.9 Å². The van der Waals surface area contributed by atoms with Crippen LogP contribution in [0.15, 0.2) is 48.6 Å². The van der Waals surface area contributed by atoms with Crippen LogP contribution in [-0.4, -0.2) is 66.5 Å². The number of hydrogen-bond acceptors (Lipinski definition) is 10. The number of aliphatic hydroxyl groups is 1. The number of aliphatic hydroxyl groups excluding tert-OH is 1. The van der Waals surface area contributed by atoms with Gasteiger partial charge >= 0.3 is 25.7 Å². The van der Waals surface area contributed by atoms with Crippen molar-refractivity contribution in [1.29, 1.82) is 0 Å². The Labute approximate surface area is 428 Å². The summed E-state index contributed by atoms with van der Waals surface area (Å²) in [4.78, 5) is 48.4. The summed E-state index contributed by atoms with van der Waals surface area (Å²) in [7, 11) is -4.75. The van der Waals surface area contributed by atoms with Gasteiger partial charge in [0.2, 0.25) is 0 Å². The molecule has 0 rings (SSSR count). The van der Waals surface area contributed by atoms with Gasteiger partial charge in [0.05, 0.1) is 19.8 Å². The van der Waals surface area contributed by atoms with Gasteiger partial charge in [-0.25, -0.2) is 4.57 Å². The Hall–Kier alpha value is -2.56. The van der Waals surface area contributed by atoms with E-state index in [1.807, 2.05) is 0 Å². The minimum Gasteiger partial charge on any atom is -0.462 e. The van der Waals surface area contributed by atoms with E-state index in [1.165, 1.54) is 116 Å². The predicted molar refractivity (Wildman–Crippen MR) is 289 cm³/mol. The molecule has 0 aliphatic rings. The van der Waals surface area contributed by atoms with E-state index in [0.29, 0.717) is 19.3 Å². The lowest BCUT2D eigenvalue weighted by atomic mass is 10.0. The van der Waals surface area contributed by atoms with Crippen LogP contribution in [-0.2, 0) is 42.2 Å². The van der Waals surface area contributed by atoms with Gasteiger partial charge in [0.25, 0.3) is 0 Å². The molecule has 0 aromatic heterocycles. The van der Waals surface area contributed by atoms with Gasteiger partial charge in [0.15, 0.2) is 6.10 Å². The van der Waals surface area contributed by atoms with E-state index in [9.17, 15) is 28.9 Å². The molecule has 0 amide bonds. The van der Waals surface area contributed by atoms with Gasteiger partial charge in [-0.2, -0.15) is 0 Å². The fraction of sp³-hybridized carbons (Fsp3) is 0.810. The van der Waals surface area contributed by atoms with Crippen molar-refractivity contribution in [1.82, 2.24) is 0 Å². The SMILES string of the molecule is CC/C=C\C/C=C\C/C=C\CCCCCC(=O)OCC(COP(=O)(O)OCC(CO)OC(=O)CCCCCCCCCCCCCCC)OC(=O)CCCCCCCCC/C=C\CCCCCCCC. The molecule has 0 aromatic rings. The second-order valence-corrected chi connectivity index (χ2v) is 20.5. The number of allylic oxidation sites excluding steroid dienone is 8. The maximum absolute atomic E-state index is 12.9. The van der Waals surface area contributed by atoms with Crippen molar-refractivity contribution in [2.24, 2.45) is 0 Å². The Kier molecular flexibility index (Phi) is 50.8. The Bertz CT molecular complexity index is 1360. The zero-order chi connectivity index (χ0) is 51.3. The first-order valence-electron chi connectivity index (χ1n) is 28.5. The molecule has 11 nitrogen and oxygen atoms in total. The van der Waals surface area contributed by atoms with E-state index < -0.39 is 57.8 Å². The molecular weight excluding hydrogens is 904 g/mol. The van der Waals surface area contributed by atoms with Crippen molar-refractivity contribution < 1.29 is 52.2 Å². The molecule has 0 aliphatic carbocycles. The van der Waals surface area contributed by atoms with Crippen molar-refractivity contribution in [3.05, 3.63) is 48.6 Å². The molecule has 3 atom stereocenters. The van der Waals surface area contributed by atoms with Gasteiger partial charge in [0, 0.05) is 19.3 Å². The zero-order valence-electron chi connectivity index (χ0n) is 45.0. The number of carbonyl (C=O) groups excluding carboxylic acids is 3. The zero-order valence-corrected chi connectivity index (χ0v) is 45.9. The van der Waals surface area contributed by atoms with Crippen molar-refractivity contribution in [2.45, 2.75) is 277 Å². The van der Waals surface area contributed by atoms with E-state index in [1.54, 1.807) is 0 Å². The summed E-state index contributed by atoms with van der Waals surface area (Å²) in [5.74, 6) is -1.49. The molecule has 0 bridgehead atoms. The summed E-state index contributed by atoms with van der Waals surface area (Å²) >= 11 is 0. The molecule has 0 fully saturated rings. The van der Waals surface area contributed by atoms with Gasteiger partial charge in [-0.05, 0) is 77.0 Å². The summed E-state index contributed by atoms with van der Waals surface area (Å²) in [6.45, 7) is 4.51. The quantitative estimate of drug-likeness (QED) is 0.0197. The monoisotopic (exact) mass is 1010 g/mol. The summed E-state index contributed by atoms with van der Waals surface area (Å²) < 4.78 is 39.5. The first-order valence-corrected chi connectivity index (χ1v) is 30.0. The summed E-state index contributed by atoms with van der Waals surface area (Å²) in [5.41, 5.74) is 0. The van der Waals surface area contributed by atoms with Crippen LogP contribution in [0.2, 0.25) is 0 Å². The largest absolute Gasteiger partial charge is 0.472 e. The molecule has 408 valence electrons. The van der Waals surface area contributed by atoms with Crippen LogP contribution in [0.1, 0.15) is 265 Å². The first-order chi connectivity index (χ1) is 34.2. The average Bonchev–Trinajstić information content (AvgIpc) is 3.35. The molecule has 0 aromatic carbocycles. The third-order valence-electron chi connectivity index (χ3n) is 12.2. The number of rotatable bonds is 53. The van der Waals surface area contributed by atoms with Crippen molar-refractivity contribution >= 4 is 25.7 Å². The maximum atomic E-state index is 12.9. The fourth-order valence-electron chi connectivity index (χ4n) is 7.90. The third-order valence-corrected chi connectivity index (χ3v) is 13.2. The molecule has 0 spiro atoms. The number of phosphoric acid groups is 1. The van der Waals surface area contributed by atoms with Crippen molar-refractivity contribution in [2.75, 3.05) is 26.4 Å². The number of esters is 3. The molecule has 0 aliphatic heterocycles. The molecule has 12 heteroatoms. The smallest absolute Gasteiger partial charge is 0.462 e. The van der Waals surface area contributed by atoms with Gasteiger partial charge < -0.3 is 24.2 Å². The van der Waals surface area contributed by atoms with Crippen molar-refractivity contribution in [3.8, 4) is 0 Å². The minimum absolute atomic E-state index is 0.158. The third kappa shape index (κ3) is 50.4. The van der Waals surface area contributed by atoms with Crippen LogP contribution >= 0.6 is 7.82 Å². The standard InChI is InChI=1S/C58H105O11P/c1-4-7-10-13-16-19-22-25-26-27-28-31-34-37-40-43-46-49-58(62)69-55(51-65-56(60)47-44-41-38-35-32-29-23-20-17-14-11-8-5-2)53-67-70(63,64)66-52-54(50-59)68-57(61)48-45-42-39-36-33-30-24-21-18-15-12-9-6-3/h8,11,17,20,25-26,29,32,54-55,59H,4-7,9-10,12-16,18-19,21-24,27-28,30-31,33-53H2,1-3H3,(H,63,64)/b11-8-,20-17-,26-25-,32-29-. The van der Waals surface area contributed by atoms with Crippen LogP contribution in [0.4, 0.5) is 0 Å². The molecule has 0 saturated carbocycles. The lowest BCUT2D eigenvalue weighted by molar-refractivity contribution is -0.161. The molecule has 0 radical (unpaired) electrons. The van der Waals surface area contributed by atoms with Crippen LogP contribution in [0.3, 0.4) is 0 Å². The molecular formula is C58H105O11P. The van der Waals surface area contributed by atoms with E-state index in [4.69, 9.17) is 23.3 Å². The predicted octanol–water partition coefficient (Wildman–Crippen LogP) is 16.6. The van der Waals surface area contributed by atoms with Gasteiger partial charge in [-0.3, -0.25) is 23.4 Å². The summed E-state index contributed by atoms with van der Waals surface area (Å²) in [5, 5.41) is 9.80. The fourth-order valence-corrected chi connectivity index (χ4v) is 8.68. The molecule has 0 heterocycles. The number of unbranched alkanes of at least 4 members (excludes halogenated alkanes) is 28. The Morgan fingerprint density at radius 2 is 0.743 bits per heavy atom. The highest BCUT2D eigenvalue weighted by molar-refractivity contribution is 7.47. The average molecular weight is 1010 g/mol. The van der Waals surface area contributed by atoms with Crippen molar-refractivity contribution in [3.63, 3.8) is 0 Å². The highest BCUT2D eigenvalue weighted by Crippen LogP contribution is 2.43. The summed E-state index contributed by atoms with van der Waals surface area (Å²) in [6.07, 6.45) is 55.0. The van der Waals surface area contributed by atoms with Crippen LogP contribution in [0.25, 0.3) is 0 Å². The van der Waals surface area contributed by atoms with Gasteiger partial charge in [-0.1, -0.05) is 217 Å². The maximum Gasteiger partial charge on any atom is 0.472 e. The Morgan fingerprint density at radius 3 is 1.17 bits per heavy atom.